The van der Waals surface area contributed by atoms with E-state index in [4.69, 9.17) is 4.74 Å². The molecule has 2 aromatic rings. The second kappa shape index (κ2) is 7.99. The van der Waals surface area contributed by atoms with Gasteiger partial charge in [-0.2, -0.15) is 0 Å². The maximum atomic E-state index is 13.7. The van der Waals surface area contributed by atoms with Gasteiger partial charge in [0.15, 0.2) is 0 Å². The molecule has 2 aromatic carbocycles. The molecule has 1 aliphatic heterocycles. The highest BCUT2D eigenvalue weighted by Gasteiger charge is 2.34. The van der Waals surface area contributed by atoms with E-state index in [-0.39, 0.29) is 23.9 Å². The summed E-state index contributed by atoms with van der Waals surface area (Å²) in [5, 5.41) is 2.57. The van der Waals surface area contributed by atoms with E-state index in [2.05, 4.69) is 5.32 Å². The predicted octanol–water partition coefficient (Wildman–Crippen LogP) is 2.86. The fourth-order valence-corrected chi connectivity index (χ4v) is 3.02. The zero-order valence-electron chi connectivity index (χ0n) is 14.6. The van der Waals surface area contributed by atoms with Crippen molar-refractivity contribution in [3.8, 4) is 5.75 Å². The number of benzene rings is 2. The molecule has 6 heteroatoms. The van der Waals surface area contributed by atoms with Crippen molar-refractivity contribution < 1.29 is 18.7 Å². The van der Waals surface area contributed by atoms with Crippen LogP contribution >= 0.6 is 0 Å². The molecule has 1 heterocycles. The number of amides is 2. The number of methoxy groups -OCH3 is 1. The maximum absolute atomic E-state index is 13.7. The Balaban J connectivity index is 1.54. The lowest BCUT2D eigenvalue weighted by Gasteiger charge is -2.17. The first-order valence-corrected chi connectivity index (χ1v) is 8.53. The summed E-state index contributed by atoms with van der Waals surface area (Å²) in [6.07, 6.45) is 0.861. The van der Waals surface area contributed by atoms with Gasteiger partial charge in [-0.15, -0.1) is 0 Å². The second-order valence-corrected chi connectivity index (χ2v) is 6.31. The van der Waals surface area contributed by atoms with Crippen molar-refractivity contribution in [1.82, 2.24) is 4.90 Å². The molecule has 1 N–H and O–H groups in total. The smallest absolute Gasteiger partial charge is 0.229 e. The number of anilines is 1. The highest BCUT2D eigenvalue weighted by atomic mass is 19.1. The number of rotatable bonds is 6. The van der Waals surface area contributed by atoms with Gasteiger partial charge >= 0.3 is 0 Å². The van der Waals surface area contributed by atoms with Crippen molar-refractivity contribution in [2.75, 3.05) is 25.5 Å². The van der Waals surface area contributed by atoms with Gasteiger partial charge in [0.25, 0.3) is 0 Å². The molecule has 1 unspecified atom stereocenters. The fraction of sp³-hybridized carbons (Fsp3) is 0.300. The lowest BCUT2D eigenvalue weighted by Crippen LogP contribution is -2.30. The monoisotopic (exact) mass is 356 g/mol. The van der Waals surface area contributed by atoms with Gasteiger partial charge in [0.05, 0.1) is 18.7 Å². The summed E-state index contributed by atoms with van der Waals surface area (Å²) in [5.74, 6) is -0.530. The maximum Gasteiger partial charge on any atom is 0.229 e. The molecular weight excluding hydrogens is 335 g/mol. The molecular formula is C20H21FN2O3. The SMILES string of the molecule is COc1ccc(CCN2CC(C(=O)Nc3ccccc3F)CC2=O)cc1. The van der Waals surface area contributed by atoms with E-state index in [1.54, 1.807) is 24.1 Å². The van der Waals surface area contributed by atoms with Gasteiger partial charge in [-0.1, -0.05) is 24.3 Å². The van der Waals surface area contributed by atoms with E-state index >= 15 is 0 Å². The molecule has 1 atom stereocenters. The Morgan fingerprint density at radius 3 is 2.65 bits per heavy atom. The third-order valence-corrected chi connectivity index (χ3v) is 4.55. The van der Waals surface area contributed by atoms with Crippen LogP contribution in [0.15, 0.2) is 48.5 Å². The zero-order valence-corrected chi connectivity index (χ0v) is 14.6. The van der Waals surface area contributed by atoms with Gasteiger partial charge in [0.2, 0.25) is 11.8 Å². The molecule has 26 heavy (non-hydrogen) atoms. The van der Waals surface area contributed by atoms with Crippen LogP contribution in [0.4, 0.5) is 10.1 Å². The van der Waals surface area contributed by atoms with Crippen LogP contribution in [0.3, 0.4) is 0 Å². The highest BCUT2D eigenvalue weighted by molar-refractivity contribution is 5.97. The van der Waals surface area contributed by atoms with Gasteiger partial charge in [-0.05, 0) is 36.2 Å². The third kappa shape index (κ3) is 4.20. The van der Waals surface area contributed by atoms with Crippen molar-refractivity contribution in [2.24, 2.45) is 5.92 Å². The first kappa shape index (κ1) is 17.9. The largest absolute Gasteiger partial charge is 0.497 e. The molecule has 0 radical (unpaired) electrons. The normalized spacial score (nSPS) is 16.6. The Labute approximate surface area is 151 Å². The topological polar surface area (TPSA) is 58.6 Å². The van der Waals surface area contributed by atoms with Crippen LogP contribution < -0.4 is 10.1 Å². The van der Waals surface area contributed by atoms with Gasteiger partial charge in [-0.3, -0.25) is 9.59 Å². The van der Waals surface area contributed by atoms with E-state index in [1.807, 2.05) is 24.3 Å². The average Bonchev–Trinajstić information content (AvgIpc) is 3.03. The van der Waals surface area contributed by atoms with Gasteiger partial charge in [0.1, 0.15) is 11.6 Å². The molecule has 3 rings (SSSR count). The number of likely N-dealkylation sites (tertiary alicyclic amines) is 1. The van der Waals surface area contributed by atoms with Crippen molar-refractivity contribution in [1.29, 1.82) is 0 Å². The summed E-state index contributed by atoms with van der Waals surface area (Å²) in [7, 11) is 1.62. The first-order chi connectivity index (χ1) is 12.6. The second-order valence-electron chi connectivity index (χ2n) is 6.31. The summed E-state index contributed by atoms with van der Waals surface area (Å²) in [5.41, 5.74) is 1.24. The summed E-state index contributed by atoms with van der Waals surface area (Å²) in [4.78, 5) is 26.2. The molecule has 2 amide bonds. The minimum Gasteiger partial charge on any atom is -0.497 e. The molecule has 0 aromatic heterocycles. The predicted molar refractivity (Wildman–Crippen MR) is 96.4 cm³/mol. The Morgan fingerprint density at radius 2 is 1.96 bits per heavy atom. The van der Waals surface area contributed by atoms with Crippen molar-refractivity contribution in [3.05, 3.63) is 59.9 Å². The molecule has 1 aliphatic rings. The van der Waals surface area contributed by atoms with E-state index < -0.39 is 11.7 Å². The number of nitrogens with one attached hydrogen (secondary N) is 1. The molecule has 0 aliphatic carbocycles. The average molecular weight is 356 g/mol. The number of ether oxygens (including phenoxy) is 1. The van der Waals surface area contributed by atoms with Crippen LogP contribution in [-0.4, -0.2) is 36.9 Å². The van der Waals surface area contributed by atoms with Crippen LogP contribution in [0.1, 0.15) is 12.0 Å². The lowest BCUT2D eigenvalue weighted by atomic mass is 10.1. The number of para-hydroxylation sites is 1. The molecule has 1 fully saturated rings. The van der Waals surface area contributed by atoms with Crippen molar-refractivity contribution in [2.45, 2.75) is 12.8 Å². The Bertz CT molecular complexity index is 792. The molecule has 0 saturated carbocycles. The van der Waals surface area contributed by atoms with Crippen LogP contribution in [0, 0.1) is 11.7 Å². The minimum atomic E-state index is -0.485. The molecule has 136 valence electrons. The molecule has 1 saturated heterocycles. The number of carbonyl (C=O) groups excluding carboxylic acids is 2. The van der Waals surface area contributed by atoms with Gasteiger partial charge < -0.3 is 15.0 Å². The quantitative estimate of drug-likeness (QED) is 0.866. The number of carbonyl (C=O) groups is 2. The van der Waals surface area contributed by atoms with Crippen LogP contribution in [0.5, 0.6) is 5.75 Å². The standard InChI is InChI=1S/C20H21FN2O3/c1-26-16-8-6-14(7-9-16)10-11-23-13-15(12-19(23)24)20(25)22-18-5-3-2-4-17(18)21/h2-9,15H,10-13H2,1H3,(H,22,25). The molecule has 0 bridgehead atoms. The minimum absolute atomic E-state index is 0.0489. The molecule has 5 nitrogen and oxygen atoms in total. The number of nitrogens with zero attached hydrogens (tertiary/aromatic N) is 1. The van der Waals surface area contributed by atoms with Gasteiger partial charge in [-0.25, -0.2) is 4.39 Å². The van der Waals surface area contributed by atoms with Crippen LogP contribution in [-0.2, 0) is 16.0 Å². The van der Waals surface area contributed by atoms with E-state index in [0.717, 1.165) is 11.3 Å². The zero-order chi connectivity index (χ0) is 18.5. The Hall–Kier alpha value is -2.89. The highest BCUT2D eigenvalue weighted by Crippen LogP contribution is 2.22. The summed E-state index contributed by atoms with van der Waals surface area (Å²) in [6, 6.07) is 13.7. The van der Waals surface area contributed by atoms with Crippen LogP contribution in [0.2, 0.25) is 0 Å². The summed E-state index contributed by atoms with van der Waals surface area (Å²) < 4.78 is 18.8. The summed E-state index contributed by atoms with van der Waals surface area (Å²) >= 11 is 0. The van der Waals surface area contributed by atoms with E-state index in [9.17, 15) is 14.0 Å². The number of hydrogen-bond acceptors (Lipinski definition) is 3. The van der Waals surface area contributed by atoms with E-state index in [0.29, 0.717) is 19.5 Å². The van der Waals surface area contributed by atoms with E-state index in [1.165, 1.54) is 12.1 Å². The first-order valence-electron chi connectivity index (χ1n) is 8.53. The van der Waals surface area contributed by atoms with Crippen LogP contribution in [0.25, 0.3) is 0 Å². The van der Waals surface area contributed by atoms with Crippen molar-refractivity contribution in [3.63, 3.8) is 0 Å². The number of halogens is 1. The Kier molecular flexibility index (Phi) is 5.51. The fourth-order valence-electron chi connectivity index (χ4n) is 3.02. The van der Waals surface area contributed by atoms with Crippen molar-refractivity contribution >= 4 is 17.5 Å². The number of hydrogen-bond donors (Lipinski definition) is 1. The third-order valence-electron chi connectivity index (χ3n) is 4.55. The van der Waals surface area contributed by atoms with Gasteiger partial charge in [0, 0.05) is 19.5 Å². The Morgan fingerprint density at radius 1 is 1.23 bits per heavy atom. The lowest BCUT2D eigenvalue weighted by molar-refractivity contribution is -0.128. The summed E-state index contributed by atoms with van der Waals surface area (Å²) in [6.45, 7) is 0.907. The molecule has 0 spiro atoms.